The first-order valence-electron chi connectivity index (χ1n) is 12.4. The Morgan fingerprint density at radius 2 is 1.81 bits per heavy atom. The van der Waals surface area contributed by atoms with Gasteiger partial charge in [0, 0.05) is 12.2 Å². The highest BCUT2D eigenvalue weighted by molar-refractivity contribution is 7.98. The van der Waals surface area contributed by atoms with Gasteiger partial charge in [-0.05, 0) is 81.9 Å². The minimum Gasteiger partial charge on any atom is -0.508 e. The van der Waals surface area contributed by atoms with E-state index in [1.807, 2.05) is 38.3 Å². The monoisotopic (exact) mass is 529 g/mol. The fourth-order valence-electron chi connectivity index (χ4n) is 3.83. The summed E-state index contributed by atoms with van der Waals surface area (Å²) in [6.45, 7) is 9.33. The normalized spacial score (nSPS) is 12.8. The minimum absolute atomic E-state index is 0.0131. The Balaban J connectivity index is 2.48. The number of amides is 3. The van der Waals surface area contributed by atoms with E-state index in [1.165, 1.54) is 17.0 Å². The van der Waals surface area contributed by atoms with Crippen molar-refractivity contribution in [1.82, 2.24) is 10.2 Å². The third-order valence-corrected chi connectivity index (χ3v) is 6.14. The summed E-state index contributed by atoms with van der Waals surface area (Å²) in [6, 6.07) is 11.8. The number of anilines is 1. The van der Waals surface area contributed by atoms with Gasteiger partial charge in [-0.15, -0.1) is 0 Å². The number of nitrogens with zero attached hydrogens (tertiary/aromatic N) is 1. The number of hydrogen-bond donors (Lipinski definition) is 3. The number of rotatable bonds is 11. The van der Waals surface area contributed by atoms with Gasteiger partial charge in [0.05, 0.1) is 0 Å². The minimum atomic E-state index is -1.03. The van der Waals surface area contributed by atoms with E-state index < -0.39 is 35.6 Å². The van der Waals surface area contributed by atoms with Crippen molar-refractivity contribution in [3.8, 4) is 5.75 Å². The summed E-state index contributed by atoms with van der Waals surface area (Å²) in [6.07, 6.45) is 2.18. The topological polar surface area (TPSA) is 108 Å². The molecule has 2 aromatic carbocycles. The molecule has 0 fully saturated rings. The molecule has 0 aliphatic carbocycles. The van der Waals surface area contributed by atoms with Crippen molar-refractivity contribution in [3.05, 3.63) is 59.7 Å². The number of thioether (sulfide) groups is 1. The van der Waals surface area contributed by atoms with Gasteiger partial charge in [-0.1, -0.05) is 37.3 Å². The summed E-state index contributed by atoms with van der Waals surface area (Å²) >= 11 is 1.55. The van der Waals surface area contributed by atoms with Gasteiger partial charge in [-0.2, -0.15) is 11.8 Å². The fraction of sp³-hybridized carbons (Fsp3) is 0.464. The zero-order chi connectivity index (χ0) is 27.6. The Hall–Kier alpha value is -3.20. The summed E-state index contributed by atoms with van der Waals surface area (Å²) in [5.41, 5.74) is 1.25. The predicted molar refractivity (Wildman–Crippen MR) is 149 cm³/mol. The highest BCUT2D eigenvalue weighted by atomic mass is 32.2. The quantitative estimate of drug-likeness (QED) is 0.366. The van der Waals surface area contributed by atoms with Gasteiger partial charge >= 0.3 is 6.09 Å². The molecule has 37 heavy (non-hydrogen) atoms. The van der Waals surface area contributed by atoms with Gasteiger partial charge in [0.25, 0.3) is 5.91 Å². The number of phenolic OH excluding ortho intramolecular Hbond substituents is 1. The zero-order valence-electron chi connectivity index (χ0n) is 22.5. The van der Waals surface area contributed by atoms with Crippen molar-refractivity contribution < 1.29 is 24.2 Å². The molecule has 0 aliphatic rings. The molecule has 8 nitrogen and oxygen atoms in total. The van der Waals surface area contributed by atoms with Crippen LogP contribution in [0.1, 0.15) is 57.7 Å². The smallest absolute Gasteiger partial charge is 0.408 e. The molecule has 3 N–H and O–H groups in total. The SMILES string of the molecule is CCCN(C(=O)C(CCSC)NC(=O)OC(C)(C)C)C(C(=O)Nc1ccccc1C)c1cccc(O)c1. The maximum absolute atomic E-state index is 14.0. The third kappa shape index (κ3) is 9.31. The number of alkyl carbamates (subject to hydrolysis) is 1. The highest BCUT2D eigenvalue weighted by Gasteiger charge is 2.36. The van der Waals surface area contributed by atoms with Gasteiger partial charge in [-0.25, -0.2) is 4.79 Å². The van der Waals surface area contributed by atoms with Crippen LogP contribution >= 0.6 is 11.8 Å². The molecule has 202 valence electrons. The summed E-state index contributed by atoms with van der Waals surface area (Å²) in [7, 11) is 0. The van der Waals surface area contributed by atoms with Gasteiger partial charge in [0.2, 0.25) is 5.91 Å². The third-order valence-electron chi connectivity index (χ3n) is 5.50. The molecule has 0 radical (unpaired) electrons. The maximum atomic E-state index is 14.0. The molecule has 0 saturated heterocycles. The van der Waals surface area contributed by atoms with Crippen LogP contribution in [0.4, 0.5) is 10.5 Å². The van der Waals surface area contributed by atoms with E-state index in [-0.39, 0.29) is 12.3 Å². The number of aromatic hydroxyl groups is 1. The van der Waals surface area contributed by atoms with Crippen molar-refractivity contribution in [2.75, 3.05) is 23.9 Å². The van der Waals surface area contributed by atoms with Crippen LogP contribution in [0.15, 0.2) is 48.5 Å². The van der Waals surface area contributed by atoms with Crippen LogP contribution in [-0.2, 0) is 14.3 Å². The zero-order valence-corrected chi connectivity index (χ0v) is 23.4. The average Bonchev–Trinajstić information content (AvgIpc) is 2.81. The average molecular weight is 530 g/mol. The Bertz CT molecular complexity index is 1070. The first-order valence-corrected chi connectivity index (χ1v) is 13.8. The maximum Gasteiger partial charge on any atom is 0.408 e. The van der Waals surface area contributed by atoms with Crippen molar-refractivity contribution in [2.45, 2.75) is 65.1 Å². The Kier molecular flexibility index (Phi) is 11.3. The Morgan fingerprint density at radius 1 is 1.11 bits per heavy atom. The molecule has 0 aromatic heterocycles. The first kappa shape index (κ1) is 30.0. The largest absolute Gasteiger partial charge is 0.508 e. The summed E-state index contributed by atoms with van der Waals surface area (Å²) in [5, 5.41) is 15.8. The van der Waals surface area contributed by atoms with Gasteiger partial charge in [-0.3, -0.25) is 9.59 Å². The lowest BCUT2D eigenvalue weighted by atomic mass is 10.0. The van der Waals surface area contributed by atoms with E-state index >= 15 is 0 Å². The molecule has 2 aromatic rings. The van der Waals surface area contributed by atoms with Gasteiger partial charge < -0.3 is 25.4 Å². The number of phenols is 1. The van der Waals surface area contributed by atoms with Crippen LogP contribution in [0.3, 0.4) is 0 Å². The number of carbonyl (C=O) groups is 3. The molecule has 2 atom stereocenters. The molecule has 0 spiro atoms. The molecule has 0 aliphatic heterocycles. The van der Waals surface area contributed by atoms with E-state index in [0.717, 1.165) is 5.56 Å². The molecule has 2 unspecified atom stereocenters. The van der Waals surface area contributed by atoms with Crippen LogP contribution in [0, 0.1) is 6.92 Å². The molecular weight excluding hydrogens is 490 g/mol. The number of nitrogens with one attached hydrogen (secondary N) is 2. The van der Waals surface area contributed by atoms with Crippen molar-refractivity contribution in [2.24, 2.45) is 0 Å². The van der Waals surface area contributed by atoms with Crippen molar-refractivity contribution >= 4 is 35.4 Å². The summed E-state index contributed by atoms with van der Waals surface area (Å²) in [4.78, 5) is 41.8. The van der Waals surface area contributed by atoms with Gasteiger partial charge in [0.1, 0.15) is 23.4 Å². The summed E-state index contributed by atoms with van der Waals surface area (Å²) < 4.78 is 5.40. The standard InChI is InChI=1S/C28H39N3O5S/c1-7-16-31(26(34)23(15-17-37-6)30-27(35)36-28(3,4)5)24(20-12-10-13-21(32)18-20)25(33)29-22-14-9-8-11-19(22)2/h8-14,18,23-24,32H,7,15-17H2,1-6H3,(H,29,33)(H,30,35). The van der Waals surface area contributed by atoms with E-state index in [1.54, 1.807) is 50.7 Å². The van der Waals surface area contributed by atoms with Crippen LogP contribution < -0.4 is 10.6 Å². The van der Waals surface area contributed by atoms with E-state index in [4.69, 9.17) is 4.74 Å². The van der Waals surface area contributed by atoms with Crippen LogP contribution in [0.5, 0.6) is 5.75 Å². The number of hydrogen-bond acceptors (Lipinski definition) is 6. The fourth-order valence-corrected chi connectivity index (χ4v) is 4.30. The number of benzene rings is 2. The van der Waals surface area contributed by atoms with E-state index in [2.05, 4.69) is 10.6 Å². The molecule has 0 saturated carbocycles. The first-order chi connectivity index (χ1) is 17.5. The van der Waals surface area contributed by atoms with E-state index in [0.29, 0.717) is 29.8 Å². The van der Waals surface area contributed by atoms with Gasteiger partial charge in [0.15, 0.2) is 0 Å². The Labute approximate surface area is 224 Å². The van der Waals surface area contributed by atoms with Crippen LogP contribution in [0.25, 0.3) is 0 Å². The Morgan fingerprint density at radius 3 is 2.41 bits per heavy atom. The molecule has 2 rings (SSSR count). The van der Waals surface area contributed by atoms with Crippen molar-refractivity contribution in [1.29, 1.82) is 0 Å². The lowest BCUT2D eigenvalue weighted by Gasteiger charge is -2.34. The lowest BCUT2D eigenvalue weighted by Crippen LogP contribution is -2.52. The van der Waals surface area contributed by atoms with Crippen LogP contribution in [-0.4, -0.2) is 58.1 Å². The second-order valence-corrected chi connectivity index (χ2v) is 10.8. The lowest BCUT2D eigenvalue weighted by molar-refractivity contribution is -0.140. The molecule has 3 amide bonds. The summed E-state index contributed by atoms with van der Waals surface area (Å²) in [5.74, 6) is -0.197. The second-order valence-electron chi connectivity index (χ2n) is 9.81. The molecule has 0 bridgehead atoms. The van der Waals surface area contributed by atoms with Crippen LogP contribution in [0.2, 0.25) is 0 Å². The number of aryl methyl sites for hydroxylation is 1. The molecular formula is C28H39N3O5S. The molecule has 9 heteroatoms. The number of para-hydroxylation sites is 1. The predicted octanol–water partition coefficient (Wildman–Crippen LogP) is 5.27. The molecule has 0 heterocycles. The highest BCUT2D eigenvalue weighted by Crippen LogP contribution is 2.28. The second kappa shape index (κ2) is 13.9. The number of ether oxygens (including phenoxy) is 1. The number of carbonyl (C=O) groups excluding carboxylic acids is 3. The van der Waals surface area contributed by atoms with Crippen molar-refractivity contribution in [3.63, 3.8) is 0 Å². The van der Waals surface area contributed by atoms with E-state index in [9.17, 15) is 19.5 Å².